The normalized spacial score (nSPS) is 9.40. The third kappa shape index (κ3) is 4.06. The number of aromatic hydroxyl groups is 2. The lowest BCUT2D eigenvalue weighted by Gasteiger charge is -1.95. The van der Waals surface area contributed by atoms with Crippen LogP contribution in [0.2, 0.25) is 0 Å². The van der Waals surface area contributed by atoms with Gasteiger partial charge in [0.05, 0.1) is 11.9 Å². The molecule has 1 heterocycles. The van der Waals surface area contributed by atoms with Crippen molar-refractivity contribution in [2.24, 2.45) is 0 Å². The second kappa shape index (κ2) is 6.84. The minimum absolute atomic E-state index is 0.0880. The summed E-state index contributed by atoms with van der Waals surface area (Å²) in [6.45, 7) is 0. The maximum absolute atomic E-state index is 8.65. The fourth-order valence-corrected chi connectivity index (χ4v) is 1.50. The van der Waals surface area contributed by atoms with Crippen molar-refractivity contribution in [1.29, 1.82) is 0 Å². The summed E-state index contributed by atoms with van der Waals surface area (Å²) in [5, 5.41) is 28.4. The molecule has 0 aliphatic carbocycles. The van der Waals surface area contributed by atoms with Crippen LogP contribution in [0.25, 0.3) is 11.3 Å². The highest BCUT2D eigenvalue weighted by atomic mass is 16.3. The molecule has 0 saturated carbocycles. The Morgan fingerprint density at radius 3 is 1.95 bits per heavy atom. The first-order valence-corrected chi connectivity index (χ1v) is 5.93. The van der Waals surface area contributed by atoms with Gasteiger partial charge >= 0.3 is 0 Å². The molecule has 5 nitrogen and oxygen atoms in total. The molecule has 1 aromatic heterocycles. The number of hydrogen-bond acceptors (Lipinski definition) is 5. The summed E-state index contributed by atoms with van der Waals surface area (Å²) < 4.78 is 0. The molecule has 2 aromatic carbocycles. The molecule has 0 saturated heterocycles. The lowest BCUT2D eigenvalue weighted by Crippen LogP contribution is -1.88. The summed E-state index contributed by atoms with van der Waals surface area (Å²) in [6.07, 6.45) is 1.63. The maximum Gasteiger partial charge on any atom is 0.119 e. The highest BCUT2D eigenvalue weighted by molar-refractivity contribution is 5.57. The van der Waals surface area contributed by atoms with Crippen molar-refractivity contribution in [1.82, 2.24) is 15.4 Å². The molecule has 5 heteroatoms. The van der Waals surface area contributed by atoms with Crippen LogP contribution in [-0.4, -0.2) is 25.6 Å². The summed E-state index contributed by atoms with van der Waals surface area (Å²) in [7, 11) is 0. The molecule has 0 fully saturated rings. The zero-order valence-corrected chi connectivity index (χ0v) is 10.6. The predicted molar refractivity (Wildman–Crippen MR) is 75.0 cm³/mol. The van der Waals surface area contributed by atoms with Crippen LogP contribution in [0.5, 0.6) is 11.5 Å². The molecule has 0 aliphatic rings. The summed E-state index contributed by atoms with van der Waals surface area (Å²) in [4.78, 5) is 0. The number of rotatable bonds is 1. The predicted octanol–water partition coefficient (Wildman–Crippen LogP) is 2.64. The van der Waals surface area contributed by atoms with Gasteiger partial charge in [-0.3, -0.25) is 0 Å². The van der Waals surface area contributed by atoms with Crippen LogP contribution in [0.4, 0.5) is 0 Å². The maximum atomic E-state index is 8.65. The number of phenols is 2. The van der Waals surface area contributed by atoms with E-state index in [-0.39, 0.29) is 11.5 Å². The number of benzene rings is 2. The van der Waals surface area contributed by atoms with Crippen LogP contribution in [0.1, 0.15) is 0 Å². The van der Waals surface area contributed by atoms with Crippen molar-refractivity contribution in [3.8, 4) is 22.8 Å². The van der Waals surface area contributed by atoms with Crippen LogP contribution in [0.3, 0.4) is 0 Å². The SMILES string of the molecule is Oc1cccc(O)c1.c1ccc(-c2ccnnn2)cc1. The van der Waals surface area contributed by atoms with Gasteiger partial charge in [0.25, 0.3) is 0 Å². The van der Waals surface area contributed by atoms with Crippen LogP contribution in [-0.2, 0) is 0 Å². The Kier molecular flexibility index (Phi) is 4.61. The summed E-state index contributed by atoms with van der Waals surface area (Å²) >= 11 is 0. The van der Waals surface area contributed by atoms with Gasteiger partial charge in [-0.05, 0) is 23.4 Å². The molecule has 100 valence electrons. The summed E-state index contributed by atoms with van der Waals surface area (Å²) in [6, 6.07) is 17.6. The van der Waals surface area contributed by atoms with Crippen molar-refractivity contribution >= 4 is 0 Å². The van der Waals surface area contributed by atoms with Crippen LogP contribution >= 0.6 is 0 Å². The van der Waals surface area contributed by atoms with Gasteiger partial charge in [-0.2, -0.15) is 0 Å². The van der Waals surface area contributed by atoms with Gasteiger partial charge in [0.1, 0.15) is 11.5 Å². The van der Waals surface area contributed by atoms with Gasteiger partial charge < -0.3 is 10.2 Å². The molecule has 3 aromatic rings. The van der Waals surface area contributed by atoms with E-state index in [2.05, 4.69) is 15.4 Å². The molecule has 0 spiro atoms. The summed E-state index contributed by atoms with van der Waals surface area (Å²) in [5.41, 5.74) is 1.91. The third-order valence-electron chi connectivity index (χ3n) is 2.40. The average molecular weight is 267 g/mol. The Balaban J connectivity index is 0.000000160. The van der Waals surface area contributed by atoms with E-state index in [0.717, 1.165) is 11.3 Å². The monoisotopic (exact) mass is 267 g/mol. The highest BCUT2D eigenvalue weighted by Crippen LogP contribution is 2.15. The van der Waals surface area contributed by atoms with Crippen LogP contribution < -0.4 is 0 Å². The number of hydrogen-bond donors (Lipinski definition) is 2. The van der Waals surface area contributed by atoms with Gasteiger partial charge in [0.15, 0.2) is 0 Å². The molecule has 0 radical (unpaired) electrons. The molecule has 3 rings (SSSR count). The summed E-state index contributed by atoms with van der Waals surface area (Å²) in [5.74, 6) is 0.176. The van der Waals surface area contributed by atoms with E-state index in [4.69, 9.17) is 10.2 Å². The van der Waals surface area contributed by atoms with Crippen molar-refractivity contribution < 1.29 is 10.2 Å². The van der Waals surface area contributed by atoms with E-state index < -0.39 is 0 Å². The topological polar surface area (TPSA) is 79.1 Å². The Bertz CT molecular complexity index is 591. The zero-order chi connectivity index (χ0) is 14.2. The van der Waals surface area contributed by atoms with E-state index in [1.807, 2.05) is 36.4 Å². The fraction of sp³-hybridized carbons (Fsp3) is 0. The molecular formula is C15H13N3O2. The Morgan fingerprint density at radius 2 is 1.45 bits per heavy atom. The highest BCUT2D eigenvalue weighted by Gasteiger charge is 1.95. The molecular weight excluding hydrogens is 254 g/mol. The lowest BCUT2D eigenvalue weighted by molar-refractivity contribution is 0.450. The number of aromatic nitrogens is 3. The molecule has 0 aliphatic heterocycles. The van der Waals surface area contributed by atoms with Crippen LogP contribution in [0.15, 0.2) is 66.9 Å². The Labute approximate surface area is 116 Å². The molecule has 0 bridgehead atoms. The van der Waals surface area contributed by atoms with Crippen molar-refractivity contribution in [3.05, 3.63) is 66.9 Å². The van der Waals surface area contributed by atoms with Crippen LogP contribution in [0, 0.1) is 0 Å². The number of phenolic OH excluding ortho intramolecular Hbond substituents is 2. The van der Waals surface area contributed by atoms with E-state index in [0.29, 0.717) is 0 Å². The van der Waals surface area contributed by atoms with E-state index in [9.17, 15) is 0 Å². The molecule has 0 unspecified atom stereocenters. The van der Waals surface area contributed by atoms with E-state index in [1.165, 1.54) is 18.2 Å². The Hall–Kier alpha value is -2.95. The van der Waals surface area contributed by atoms with Gasteiger partial charge in [-0.15, -0.1) is 10.2 Å². The lowest BCUT2D eigenvalue weighted by atomic mass is 10.2. The van der Waals surface area contributed by atoms with E-state index >= 15 is 0 Å². The molecule has 2 N–H and O–H groups in total. The first-order chi connectivity index (χ1) is 9.75. The first-order valence-electron chi connectivity index (χ1n) is 5.93. The second-order valence-electron chi connectivity index (χ2n) is 3.89. The fourth-order valence-electron chi connectivity index (χ4n) is 1.50. The molecule has 0 atom stereocenters. The third-order valence-corrected chi connectivity index (χ3v) is 2.40. The largest absolute Gasteiger partial charge is 0.508 e. The van der Waals surface area contributed by atoms with Gasteiger partial charge in [0.2, 0.25) is 0 Å². The van der Waals surface area contributed by atoms with Gasteiger partial charge in [0, 0.05) is 11.6 Å². The minimum Gasteiger partial charge on any atom is -0.508 e. The van der Waals surface area contributed by atoms with Gasteiger partial charge in [-0.25, -0.2) is 0 Å². The first kappa shape index (κ1) is 13.5. The standard InChI is InChI=1S/C9H7N3.C6H6O2/c1-2-4-8(5-3-1)9-6-7-10-12-11-9;7-5-2-1-3-6(8)4-5/h1-7H;1-4,7-8H. The van der Waals surface area contributed by atoms with Crippen molar-refractivity contribution in [2.75, 3.05) is 0 Å². The smallest absolute Gasteiger partial charge is 0.119 e. The van der Waals surface area contributed by atoms with Crippen molar-refractivity contribution in [2.45, 2.75) is 0 Å². The molecule has 20 heavy (non-hydrogen) atoms. The zero-order valence-electron chi connectivity index (χ0n) is 10.6. The Morgan fingerprint density at radius 1 is 0.750 bits per heavy atom. The van der Waals surface area contributed by atoms with E-state index in [1.54, 1.807) is 12.3 Å². The van der Waals surface area contributed by atoms with Crippen molar-refractivity contribution in [3.63, 3.8) is 0 Å². The second-order valence-corrected chi connectivity index (χ2v) is 3.89. The average Bonchev–Trinajstić information content (AvgIpc) is 2.49. The van der Waals surface area contributed by atoms with Gasteiger partial charge in [-0.1, -0.05) is 36.4 Å². The number of nitrogens with zero attached hydrogens (tertiary/aromatic N) is 3. The molecule has 0 amide bonds. The minimum atomic E-state index is 0.0880. The quantitative estimate of drug-likeness (QED) is 0.708.